The van der Waals surface area contributed by atoms with Crippen molar-refractivity contribution in [2.75, 3.05) is 31.5 Å². The Hall–Kier alpha value is -2.41. The molecule has 1 N–H and O–H groups in total. The number of aromatic nitrogens is 3. The zero-order valence-corrected chi connectivity index (χ0v) is 12.9. The molecule has 0 aromatic carbocycles. The van der Waals surface area contributed by atoms with Crippen molar-refractivity contribution >= 4 is 17.5 Å². The van der Waals surface area contributed by atoms with E-state index in [1.807, 2.05) is 11.0 Å². The normalized spacial score (nSPS) is 19.6. The van der Waals surface area contributed by atoms with Gasteiger partial charge in [0.2, 0.25) is 0 Å². The third kappa shape index (κ3) is 2.79. The summed E-state index contributed by atoms with van der Waals surface area (Å²) < 4.78 is 1.64. The molecule has 1 saturated heterocycles. The molecule has 120 valence electrons. The maximum atomic E-state index is 12.5. The van der Waals surface area contributed by atoms with E-state index < -0.39 is 0 Å². The van der Waals surface area contributed by atoms with Gasteiger partial charge in [-0.3, -0.25) is 10.2 Å². The molecule has 0 aliphatic carbocycles. The Labute approximate surface area is 134 Å². The van der Waals surface area contributed by atoms with Gasteiger partial charge in [-0.15, -0.1) is 0 Å². The second-order valence-electron chi connectivity index (χ2n) is 6.00. The number of hydrogen-bond donors (Lipinski definition) is 1. The summed E-state index contributed by atoms with van der Waals surface area (Å²) in [5.41, 5.74) is 0.725. The maximum Gasteiger partial charge on any atom is 0.323 e. The number of nitrogens with one attached hydrogen (secondary N) is 1. The highest BCUT2D eigenvalue weighted by Gasteiger charge is 2.27. The van der Waals surface area contributed by atoms with E-state index in [4.69, 9.17) is 0 Å². The number of anilines is 1. The number of carbonyl (C=O) groups excluding carboxylic acids is 1. The highest BCUT2D eigenvalue weighted by Crippen LogP contribution is 2.19. The number of likely N-dealkylation sites (tertiary alicyclic amines) is 1. The standard InChI is InChI=1S/C16H20N6O/c23-16(19-15-3-7-17-14-4-8-18-22(14)15)21-11-5-13(6-12-21)20-9-1-2-10-20/h1-4,7-8,13H,5-6,9-12H2,(H,19,23). The van der Waals surface area contributed by atoms with Crippen LogP contribution in [0.3, 0.4) is 0 Å². The van der Waals surface area contributed by atoms with Gasteiger partial charge in [-0.1, -0.05) is 12.2 Å². The van der Waals surface area contributed by atoms with Crippen molar-refractivity contribution in [1.29, 1.82) is 0 Å². The molecule has 4 heterocycles. The molecule has 2 aliphatic heterocycles. The van der Waals surface area contributed by atoms with E-state index in [1.165, 1.54) is 0 Å². The largest absolute Gasteiger partial charge is 0.324 e. The first-order valence-corrected chi connectivity index (χ1v) is 8.05. The highest BCUT2D eigenvalue weighted by atomic mass is 16.2. The molecule has 2 amide bonds. The van der Waals surface area contributed by atoms with E-state index in [0.29, 0.717) is 11.9 Å². The van der Waals surface area contributed by atoms with Gasteiger partial charge in [0.05, 0.1) is 6.20 Å². The van der Waals surface area contributed by atoms with Crippen molar-refractivity contribution in [1.82, 2.24) is 24.4 Å². The van der Waals surface area contributed by atoms with Gasteiger partial charge in [0.25, 0.3) is 0 Å². The van der Waals surface area contributed by atoms with Crippen molar-refractivity contribution in [3.8, 4) is 0 Å². The summed E-state index contributed by atoms with van der Waals surface area (Å²) >= 11 is 0. The van der Waals surface area contributed by atoms with Crippen molar-refractivity contribution in [2.24, 2.45) is 0 Å². The van der Waals surface area contributed by atoms with Crippen molar-refractivity contribution in [3.05, 3.63) is 36.7 Å². The number of rotatable bonds is 2. The Morgan fingerprint density at radius 2 is 1.91 bits per heavy atom. The minimum atomic E-state index is -0.0639. The molecule has 0 atom stereocenters. The predicted octanol–water partition coefficient (Wildman–Crippen LogP) is 1.60. The molecule has 1 fully saturated rings. The van der Waals surface area contributed by atoms with E-state index in [-0.39, 0.29) is 6.03 Å². The van der Waals surface area contributed by atoms with Crippen LogP contribution in [0.1, 0.15) is 12.8 Å². The summed E-state index contributed by atoms with van der Waals surface area (Å²) in [6, 6.07) is 4.10. The summed E-state index contributed by atoms with van der Waals surface area (Å²) in [4.78, 5) is 21.1. The fraction of sp³-hybridized carbons (Fsp3) is 0.438. The van der Waals surface area contributed by atoms with Gasteiger partial charge >= 0.3 is 6.03 Å². The molecular formula is C16H20N6O. The van der Waals surface area contributed by atoms with Crippen LogP contribution in [0.15, 0.2) is 36.7 Å². The quantitative estimate of drug-likeness (QED) is 0.855. The topological polar surface area (TPSA) is 65.8 Å². The van der Waals surface area contributed by atoms with Crippen LogP contribution in [0.2, 0.25) is 0 Å². The van der Waals surface area contributed by atoms with Crippen molar-refractivity contribution in [2.45, 2.75) is 18.9 Å². The Balaban J connectivity index is 1.37. The SMILES string of the molecule is O=C(Nc1ccnc2ccnn12)N1CCC(N2CC=CC2)CC1. The molecule has 7 nitrogen and oxygen atoms in total. The lowest BCUT2D eigenvalue weighted by molar-refractivity contribution is 0.144. The average Bonchev–Trinajstić information content (AvgIpc) is 3.27. The molecule has 0 spiro atoms. The van der Waals surface area contributed by atoms with E-state index in [0.717, 1.165) is 44.7 Å². The van der Waals surface area contributed by atoms with E-state index in [2.05, 4.69) is 32.5 Å². The van der Waals surface area contributed by atoms with Crippen LogP contribution in [-0.2, 0) is 0 Å². The molecule has 2 aromatic heterocycles. The molecule has 2 aliphatic rings. The van der Waals surface area contributed by atoms with Crippen LogP contribution in [0.5, 0.6) is 0 Å². The number of piperidine rings is 1. The van der Waals surface area contributed by atoms with Gasteiger partial charge in [0, 0.05) is 44.5 Å². The molecule has 0 saturated carbocycles. The molecular weight excluding hydrogens is 292 g/mol. The summed E-state index contributed by atoms with van der Waals surface area (Å²) in [5, 5.41) is 7.14. The number of hydrogen-bond acceptors (Lipinski definition) is 4. The first-order valence-electron chi connectivity index (χ1n) is 8.05. The molecule has 4 rings (SSSR count). The predicted molar refractivity (Wildman–Crippen MR) is 87.3 cm³/mol. The molecule has 0 unspecified atom stereocenters. The van der Waals surface area contributed by atoms with Crippen LogP contribution in [0, 0.1) is 0 Å². The maximum absolute atomic E-state index is 12.5. The third-order valence-electron chi connectivity index (χ3n) is 4.64. The van der Waals surface area contributed by atoms with Crippen LogP contribution < -0.4 is 5.32 Å². The van der Waals surface area contributed by atoms with Gasteiger partial charge in [0.15, 0.2) is 5.65 Å². The van der Waals surface area contributed by atoms with Crippen LogP contribution in [-0.4, -0.2) is 62.6 Å². The van der Waals surface area contributed by atoms with Crippen molar-refractivity contribution in [3.63, 3.8) is 0 Å². The van der Waals surface area contributed by atoms with Gasteiger partial charge in [-0.05, 0) is 18.9 Å². The minimum absolute atomic E-state index is 0.0639. The van der Waals surface area contributed by atoms with E-state index in [1.54, 1.807) is 23.0 Å². The lowest BCUT2D eigenvalue weighted by atomic mass is 10.0. The molecule has 0 bridgehead atoms. The molecule has 0 radical (unpaired) electrons. The summed E-state index contributed by atoms with van der Waals surface area (Å²) in [6.45, 7) is 3.68. The number of carbonyl (C=O) groups is 1. The Bertz CT molecular complexity index is 723. The van der Waals surface area contributed by atoms with E-state index >= 15 is 0 Å². The lowest BCUT2D eigenvalue weighted by Gasteiger charge is -2.36. The van der Waals surface area contributed by atoms with Gasteiger partial charge in [-0.2, -0.15) is 9.61 Å². The van der Waals surface area contributed by atoms with Crippen molar-refractivity contribution < 1.29 is 4.79 Å². The monoisotopic (exact) mass is 312 g/mol. The average molecular weight is 312 g/mol. The second kappa shape index (κ2) is 6.00. The zero-order chi connectivity index (χ0) is 15.6. The second-order valence-corrected chi connectivity index (χ2v) is 6.00. The Morgan fingerprint density at radius 3 is 2.70 bits per heavy atom. The fourth-order valence-electron chi connectivity index (χ4n) is 3.34. The molecule has 2 aromatic rings. The van der Waals surface area contributed by atoms with Gasteiger partial charge in [0.1, 0.15) is 5.82 Å². The number of urea groups is 1. The minimum Gasteiger partial charge on any atom is -0.324 e. The summed E-state index contributed by atoms with van der Waals surface area (Å²) in [6.07, 6.45) is 9.85. The Kier molecular flexibility index (Phi) is 3.70. The third-order valence-corrected chi connectivity index (χ3v) is 4.64. The van der Waals surface area contributed by atoms with Crippen LogP contribution in [0.25, 0.3) is 5.65 Å². The van der Waals surface area contributed by atoms with Crippen LogP contribution >= 0.6 is 0 Å². The zero-order valence-electron chi connectivity index (χ0n) is 12.9. The van der Waals surface area contributed by atoms with Gasteiger partial charge < -0.3 is 4.90 Å². The van der Waals surface area contributed by atoms with Crippen LogP contribution in [0.4, 0.5) is 10.6 Å². The fourth-order valence-corrected chi connectivity index (χ4v) is 3.34. The van der Waals surface area contributed by atoms with Gasteiger partial charge in [-0.25, -0.2) is 9.78 Å². The smallest absolute Gasteiger partial charge is 0.323 e. The molecule has 23 heavy (non-hydrogen) atoms. The first kappa shape index (κ1) is 14.2. The number of nitrogens with zero attached hydrogens (tertiary/aromatic N) is 5. The van der Waals surface area contributed by atoms with E-state index in [9.17, 15) is 4.79 Å². The summed E-state index contributed by atoms with van der Waals surface area (Å²) in [7, 11) is 0. The highest BCUT2D eigenvalue weighted by molar-refractivity contribution is 5.88. The molecule has 7 heteroatoms. The lowest BCUT2D eigenvalue weighted by Crippen LogP contribution is -2.47. The Morgan fingerprint density at radius 1 is 1.13 bits per heavy atom. The number of amides is 2. The number of fused-ring (bicyclic) bond motifs is 1. The summed E-state index contributed by atoms with van der Waals surface area (Å²) in [5.74, 6) is 0.649. The first-order chi connectivity index (χ1) is 11.3.